The topological polar surface area (TPSA) is 38.9 Å². The largest absolute Gasteiger partial charge is 0.384 e. The van der Waals surface area contributed by atoms with E-state index in [0.717, 1.165) is 11.1 Å². The van der Waals surface area contributed by atoms with E-state index in [2.05, 4.69) is 4.98 Å². The number of rotatable bonds is 3. The molecule has 88 valence electrons. The Morgan fingerprint density at radius 3 is 2.35 bits per heavy atom. The number of thioether (sulfide) groups is 1. The quantitative estimate of drug-likeness (QED) is 0.847. The minimum atomic E-state index is -2.39. The first-order chi connectivity index (χ1) is 8.15. The van der Waals surface area contributed by atoms with Crippen molar-refractivity contribution in [1.29, 1.82) is 0 Å². The third-order valence-corrected chi connectivity index (χ3v) is 2.92. The van der Waals surface area contributed by atoms with Gasteiger partial charge in [-0.3, -0.25) is 0 Å². The molecule has 1 aromatic carbocycles. The Bertz CT molecular complexity index is 500. The molecule has 0 atom stereocenters. The smallest absolute Gasteiger partial charge is 0.288 e. The van der Waals surface area contributed by atoms with E-state index < -0.39 is 5.76 Å². The van der Waals surface area contributed by atoms with E-state index in [0.29, 0.717) is 22.5 Å². The van der Waals surface area contributed by atoms with E-state index in [4.69, 9.17) is 5.73 Å². The molecule has 0 aliphatic rings. The Morgan fingerprint density at radius 1 is 1.06 bits per heavy atom. The predicted molar refractivity (Wildman–Crippen MR) is 65.9 cm³/mol. The van der Waals surface area contributed by atoms with Gasteiger partial charge in [0.1, 0.15) is 5.82 Å². The average Bonchev–Trinajstić information content (AvgIpc) is 2.29. The summed E-state index contributed by atoms with van der Waals surface area (Å²) in [4.78, 5) is 4.44. The normalized spacial score (nSPS) is 10.8. The summed E-state index contributed by atoms with van der Waals surface area (Å²) in [5.74, 6) is -1.95. The van der Waals surface area contributed by atoms with E-state index in [-0.39, 0.29) is 0 Å². The standard InChI is InChI=1S/C12H10F2N2S/c13-12(14)17-10-3-1-8(2-4-10)9-5-6-16-11(15)7-9/h1-7,12H,(H2,15,16). The van der Waals surface area contributed by atoms with Gasteiger partial charge in [0.25, 0.3) is 5.76 Å². The van der Waals surface area contributed by atoms with Crippen molar-refractivity contribution in [2.45, 2.75) is 10.7 Å². The number of benzene rings is 1. The number of hydrogen-bond acceptors (Lipinski definition) is 3. The number of nitrogens with zero attached hydrogens (tertiary/aromatic N) is 1. The summed E-state index contributed by atoms with van der Waals surface area (Å²) in [6.07, 6.45) is 1.62. The number of nitrogen functional groups attached to an aromatic ring is 1. The van der Waals surface area contributed by atoms with E-state index in [1.54, 1.807) is 36.5 Å². The number of aromatic nitrogens is 1. The zero-order chi connectivity index (χ0) is 12.3. The van der Waals surface area contributed by atoms with Crippen LogP contribution in [-0.2, 0) is 0 Å². The lowest BCUT2D eigenvalue weighted by molar-refractivity contribution is 0.252. The zero-order valence-corrected chi connectivity index (χ0v) is 9.62. The highest BCUT2D eigenvalue weighted by Crippen LogP contribution is 2.28. The first-order valence-electron chi connectivity index (χ1n) is 4.92. The average molecular weight is 252 g/mol. The van der Waals surface area contributed by atoms with Gasteiger partial charge in [0.2, 0.25) is 0 Å². The second-order valence-electron chi connectivity index (χ2n) is 3.37. The molecule has 0 saturated heterocycles. The van der Waals surface area contributed by atoms with Gasteiger partial charge in [0, 0.05) is 11.1 Å². The van der Waals surface area contributed by atoms with Crippen molar-refractivity contribution in [2.24, 2.45) is 0 Å². The molecule has 5 heteroatoms. The molecule has 0 spiro atoms. The molecule has 0 amide bonds. The second kappa shape index (κ2) is 5.14. The lowest BCUT2D eigenvalue weighted by Crippen LogP contribution is -1.89. The number of alkyl halides is 2. The van der Waals surface area contributed by atoms with Gasteiger partial charge in [0.15, 0.2) is 0 Å². The van der Waals surface area contributed by atoms with Crippen molar-refractivity contribution in [3.05, 3.63) is 42.6 Å². The van der Waals surface area contributed by atoms with E-state index in [1.165, 1.54) is 0 Å². The van der Waals surface area contributed by atoms with E-state index in [1.807, 2.05) is 6.07 Å². The summed E-state index contributed by atoms with van der Waals surface area (Å²) in [5, 5.41) is 0. The number of halogens is 2. The van der Waals surface area contributed by atoms with Crippen molar-refractivity contribution in [1.82, 2.24) is 4.98 Å². The van der Waals surface area contributed by atoms with Crippen LogP contribution in [-0.4, -0.2) is 10.7 Å². The number of pyridine rings is 1. The van der Waals surface area contributed by atoms with Crippen molar-refractivity contribution >= 4 is 17.6 Å². The van der Waals surface area contributed by atoms with Gasteiger partial charge in [0.05, 0.1) is 0 Å². The molecule has 1 aromatic heterocycles. The molecule has 2 N–H and O–H groups in total. The van der Waals surface area contributed by atoms with Crippen molar-refractivity contribution in [3.63, 3.8) is 0 Å². The number of anilines is 1. The Hall–Kier alpha value is -1.62. The highest BCUT2D eigenvalue weighted by Gasteiger charge is 2.05. The molecule has 1 heterocycles. The Balaban J connectivity index is 2.23. The van der Waals surface area contributed by atoms with Crippen LogP contribution in [0.5, 0.6) is 0 Å². The maximum Gasteiger partial charge on any atom is 0.288 e. The first-order valence-corrected chi connectivity index (χ1v) is 5.80. The molecule has 2 aromatic rings. The van der Waals surface area contributed by atoms with Gasteiger partial charge in [-0.15, -0.1) is 0 Å². The third kappa shape index (κ3) is 3.17. The summed E-state index contributed by atoms with van der Waals surface area (Å²) < 4.78 is 24.3. The van der Waals surface area contributed by atoms with Gasteiger partial charge >= 0.3 is 0 Å². The predicted octanol–water partition coefficient (Wildman–Crippen LogP) is 3.65. The molecular formula is C12H10F2N2S. The Kier molecular flexibility index (Phi) is 3.58. The van der Waals surface area contributed by atoms with Crippen LogP contribution in [0.4, 0.5) is 14.6 Å². The summed E-state index contributed by atoms with van der Waals surface area (Å²) >= 11 is 0.535. The number of nitrogens with two attached hydrogens (primary N) is 1. The maximum atomic E-state index is 12.1. The summed E-state index contributed by atoms with van der Waals surface area (Å²) in [6.45, 7) is 0. The van der Waals surface area contributed by atoms with Gasteiger partial charge in [-0.2, -0.15) is 8.78 Å². The van der Waals surface area contributed by atoms with Crippen LogP contribution in [0.2, 0.25) is 0 Å². The third-order valence-electron chi connectivity index (χ3n) is 2.19. The van der Waals surface area contributed by atoms with Crippen LogP contribution in [0.25, 0.3) is 11.1 Å². The molecule has 0 fully saturated rings. The first kappa shape index (κ1) is 11.9. The van der Waals surface area contributed by atoms with Crippen molar-refractivity contribution in [3.8, 4) is 11.1 Å². The van der Waals surface area contributed by atoms with Crippen LogP contribution >= 0.6 is 11.8 Å². The van der Waals surface area contributed by atoms with Crippen LogP contribution in [0, 0.1) is 0 Å². The minimum Gasteiger partial charge on any atom is -0.384 e. The van der Waals surface area contributed by atoms with Crippen LogP contribution < -0.4 is 5.73 Å². The maximum absolute atomic E-state index is 12.1. The Morgan fingerprint density at radius 2 is 1.76 bits per heavy atom. The fourth-order valence-corrected chi connectivity index (χ4v) is 1.96. The van der Waals surface area contributed by atoms with Gasteiger partial charge in [-0.05, 0) is 35.4 Å². The SMILES string of the molecule is Nc1cc(-c2ccc(SC(F)F)cc2)ccn1. The molecule has 0 unspecified atom stereocenters. The van der Waals surface area contributed by atoms with Crippen molar-refractivity contribution < 1.29 is 8.78 Å². The molecular weight excluding hydrogens is 242 g/mol. The van der Waals surface area contributed by atoms with Crippen molar-refractivity contribution in [2.75, 3.05) is 5.73 Å². The van der Waals surface area contributed by atoms with Gasteiger partial charge < -0.3 is 5.73 Å². The van der Waals surface area contributed by atoms with Gasteiger partial charge in [-0.1, -0.05) is 23.9 Å². The van der Waals surface area contributed by atoms with Crippen LogP contribution in [0.1, 0.15) is 0 Å². The summed E-state index contributed by atoms with van der Waals surface area (Å²) in [5.41, 5.74) is 7.43. The second-order valence-corrected chi connectivity index (χ2v) is 4.44. The fraction of sp³-hybridized carbons (Fsp3) is 0.0833. The molecule has 0 radical (unpaired) electrons. The zero-order valence-electron chi connectivity index (χ0n) is 8.81. The fourth-order valence-electron chi connectivity index (χ4n) is 1.46. The monoisotopic (exact) mass is 252 g/mol. The molecule has 17 heavy (non-hydrogen) atoms. The summed E-state index contributed by atoms with van der Waals surface area (Å²) in [7, 11) is 0. The van der Waals surface area contributed by atoms with E-state index in [9.17, 15) is 8.78 Å². The molecule has 0 bridgehead atoms. The Labute approximate surface area is 102 Å². The lowest BCUT2D eigenvalue weighted by atomic mass is 10.1. The summed E-state index contributed by atoms with van der Waals surface area (Å²) in [6, 6.07) is 10.5. The van der Waals surface area contributed by atoms with Crippen LogP contribution in [0.15, 0.2) is 47.5 Å². The van der Waals surface area contributed by atoms with E-state index >= 15 is 0 Å². The highest BCUT2D eigenvalue weighted by molar-refractivity contribution is 7.99. The molecule has 0 saturated carbocycles. The number of hydrogen-bond donors (Lipinski definition) is 1. The molecule has 2 nitrogen and oxygen atoms in total. The molecule has 2 rings (SSSR count). The van der Waals surface area contributed by atoms with Crippen LogP contribution in [0.3, 0.4) is 0 Å². The lowest BCUT2D eigenvalue weighted by Gasteiger charge is -2.04. The molecule has 0 aliphatic heterocycles. The van der Waals surface area contributed by atoms with Gasteiger partial charge in [-0.25, -0.2) is 4.98 Å². The highest BCUT2D eigenvalue weighted by atomic mass is 32.2. The molecule has 0 aliphatic carbocycles. The minimum absolute atomic E-state index is 0.438.